The van der Waals surface area contributed by atoms with E-state index in [4.69, 9.17) is 0 Å². The maximum atomic E-state index is 9.33. The van der Waals surface area contributed by atoms with Crippen LogP contribution >= 0.6 is 0 Å². The second-order valence-corrected chi connectivity index (χ2v) is 5.71. The van der Waals surface area contributed by atoms with Gasteiger partial charge >= 0.3 is 0 Å². The lowest BCUT2D eigenvalue weighted by Gasteiger charge is -2.37. The summed E-state index contributed by atoms with van der Waals surface area (Å²) in [6, 6.07) is 7.53. The molecule has 0 aromatic heterocycles. The van der Waals surface area contributed by atoms with Crippen molar-refractivity contribution >= 4 is 5.69 Å². The van der Waals surface area contributed by atoms with Crippen LogP contribution in [0.5, 0.6) is 0 Å². The Morgan fingerprint density at radius 3 is 2.89 bits per heavy atom. The molecule has 1 saturated heterocycles. The zero-order valence-corrected chi connectivity index (χ0v) is 12.3. The second kappa shape index (κ2) is 6.40. The van der Waals surface area contributed by atoms with Crippen molar-refractivity contribution in [2.75, 3.05) is 24.6 Å². The molecule has 1 fully saturated rings. The molecule has 0 radical (unpaired) electrons. The van der Waals surface area contributed by atoms with Crippen molar-refractivity contribution in [3.63, 3.8) is 0 Å². The zero-order chi connectivity index (χ0) is 13.8. The van der Waals surface area contributed by atoms with E-state index in [1.54, 1.807) is 0 Å². The Morgan fingerprint density at radius 2 is 2.16 bits per heavy atom. The number of nitrogens with zero attached hydrogens (tertiary/aromatic N) is 1. The molecule has 0 spiro atoms. The minimum Gasteiger partial charge on any atom is -0.396 e. The Hall–Kier alpha value is -1.06. The van der Waals surface area contributed by atoms with Gasteiger partial charge in [-0.2, -0.15) is 0 Å². The Bertz CT molecular complexity index is 419. The fourth-order valence-electron chi connectivity index (χ4n) is 3.00. The normalized spacial score (nSPS) is 24.3. The number of aliphatic hydroxyl groups excluding tert-OH is 1. The first kappa shape index (κ1) is 14.4. The maximum absolute atomic E-state index is 9.33. The number of nitrogens with one attached hydrogen (secondary N) is 1. The Kier molecular flexibility index (Phi) is 4.83. The van der Waals surface area contributed by atoms with Gasteiger partial charge in [-0.05, 0) is 57.4 Å². The molecule has 1 heterocycles. The summed E-state index contributed by atoms with van der Waals surface area (Å²) < 4.78 is 0. The lowest BCUT2D eigenvalue weighted by atomic mass is 10.0. The third kappa shape index (κ3) is 3.28. The average Bonchev–Trinajstić information content (AvgIpc) is 2.55. The van der Waals surface area contributed by atoms with Crippen LogP contribution in [0.15, 0.2) is 18.2 Å². The highest BCUT2D eigenvalue weighted by molar-refractivity contribution is 5.56. The third-order valence-electron chi connectivity index (χ3n) is 4.09. The first-order valence-electron chi connectivity index (χ1n) is 7.30. The van der Waals surface area contributed by atoms with E-state index >= 15 is 0 Å². The van der Waals surface area contributed by atoms with Gasteiger partial charge in [-0.25, -0.2) is 0 Å². The van der Waals surface area contributed by atoms with E-state index in [0.717, 1.165) is 25.9 Å². The van der Waals surface area contributed by atoms with E-state index in [-0.39, 0.29) is 6.61 Å². The predicted molar refractivity (Wildman–Crippen MR) is 80.8 cm³/mol. The largest absolute Gasteiger partial charge is 0.396 e. The van der Waals surface area contributed by atoms with Crippen LogP contribution in [-0.4, -0.2) is 36.9 Å². The van der Waals surface area contributed by atoms with Gasteiger partial charge in [0.1, 0.15) is 0 Å². The fourth-order valence-corrected chi connectivity index (χ4v) is 3.00. The van der Waals surface area contributed by atoms with Crippen molar-refractivity contribution in [2.24, 2.45) is 0 Å². The van der Waals surface area contributed by atoms with Gasteiger partial charge in [0.2, 0.25) is 0 Å². The molecule has 0 bridgehead atoms. The van der Waals surface area contributed by atoms with Crippen molar-refractivity contribution in [1.82, 2.24) is 5.32 Å². The van der Waals surface area contributed by atoms with Gasteiger partial charge < -0.3 is 15.3 Å². The van der Waals surface area contributed by atoms with Gasteiger partial charge in [0.05, 0.1) is 0 Å². The first-order chi connectivity index (χ1) is 9.13. The van der Waals surface area contributed by atoms with E-state index < -0.39 is 0 Å². The quantitative estimate of drug-likeness (QED) is 0.877. The van der Waals surface area contributed by atoms with Crippen molar-refractivity contribution < 1.29 is 5.11 Å². The Balaban J connectivity index is 2.36. The second-order valence-electron chi connectivity index (χ2n) is 5.71. The SMILES string of the molecule is Cc1ccc(C)c(N2C(C)CCNCC2CCO)c1. The molecule has 2 atom stereocenters. The van der Waals surface area contributed by atoms with E-state index in [0.29, 0.717) is 12.1 Å². The number of aliphatic hydroxyl groups is 1. The van der Waals surface area contributed by atoms with Crippen molar-refractivity contribution in [1.29, 1.82) is 0 Å². The molecule has 1 aromatic carbocycles. The highest BCUT2D eigenvalue weighted by Gasteiger charge is 2.26. The van der Waals surface area contributed by atoms with Gasteiger partial charge in [0, 0.05) is 30.9 Å². The van der Waals surface area contributed by atoms with Crippen LogP contribution < -0.4 is 10.2 Å². The predicted octanol–water partition coefficient (Wildman–Crippen LogP) is 2.24. The molecule has 1 aliphatic rings. The van der Waals surface area contributed by atoms with E-state index in [9.17, 15) is 5.11 Å². The van der Waals surface area contributed by atoms with E-state index in [2.05, 4.69) is 49.2 Å². The highest BCUT2D eigenvalue weighted by atomic mass is 16.3. The van der Waals surface area contributed by atoms with Crippen molar-refractivity contribution in [2.45, 2.75) is 45.7 Å². The number of rotatable bonds is 3. The summed E-state index contributed by atoms with van der Waals surface area (Å²) in [7, 11) is 0. The number of hydrogen-bond donors (Lipinski definition) is 2. The molecular formula is C16H26N2O. The monoisotopic (exact) mass is 262 g/mol. The molecule has 0 saturated carbocycles. The molecule has 19 heavy (non-hydrogen) atoms. The van der Waals surface area contributed by atoms with Crippen LogP contribution in [0.4, 0.5) is 5.69 Å². The summed E-state index contributed by atoms with van der Waals surface area (Å²) in [4.78, 5) is 2.51. The Morgan fingerprint density at radius 1 is 1.37 bits per heavy atom. The van der Waals surface area contributed by atoms with Crippen molar-refractivity contribution in [3.05, 3.63) is 29.3 Å². The zero-order valence-electron chi connectivity index (χ0n) is 12.3. The minimum absolute atomic E-state index is 0.250. The summed E-state index contributed by atoms with van der Waals surface area (Å²) in [6.45, 7) is 8.88. The smallest absolute Gasteiger partial charge is 0.0451 e. The molecule has 2 rings (SSSR count). The number of aryl methyl sites for hydroxylation is 2. The van der Waals surface area contributed by atoms with Crippen LogP contribution in [0.2, 0.25) is 0 Å². The first-order valence-corrected chi connectivity index (χ1v) is 7.30. The van der Waals surface area contributed by atoms with Crippen LogP contribution in [-0.2, 0) is 0 Å². The Labute approximate surface area is 116 Å². The fraction of sp³-hybridized carbons (Fsp3) is 0.625. The van der Waals surface area contributed by atoms with Crippen LogP contribution in [0.1, 0.15) is 30.9 Å². The van der Waals surface area contributed by atoms with Gasteiger partial charge in [0.15, 0.2) is 0 Å². The lowest BCUT2D eigenvalue weighted by Crippen LogP contribution is -2.44. The molecule has 0 aliphatic carbocycles. The van der Waals surface area contributed by atoms with Crippen LogP contribution in [0.25, 0.3) is 0 Å². The number of hydrogen-bond acceptors (Lipinski definition) is 3. The summed E-state index contributed by atoms with van der Waals surface area (Å²) in [5.41, 5.74) is 3.95. The minimum atomic E-state index is 0.250. The number of benzene rings is 1. The molecule has 0 amide bonds. The molecule has 106 valence electrons. The molecule has 2 N–H and O–H groups in total. The van der Waals surface area contributed by atoms with Crippen LogP contribution in [0.3, 0.4) is 0 Å². The molecule has 1 aromatic rings. The molecule has 1 aliphatic heterocycles. The van der Waals surface area contributed by atoms with Crippen LogP contribution in [0, 0.1) is 13.8 Å². The molecular weight excluding hydrogens is 236 g/mol. The summed E-state index contributed by atoms with van der Waals surface area (Å²) in [6.07, 6.45) is 1.97. The van der Waals surface area contributed by atoms with E-state index in [1.165, 1.54) is 16.8 Å². The molecule has 3 heteroatoms. The van der Waals surface area contributed by atoms with Gasteiger partial charge in [-0.15, -0.1) is 0 Å². The van der Waals surface area contributed by atoms with Gasteiger partial charge in [-0.3, -0.25) is 0 Å². The maximum Gasteiger partial charge on any atom is 0.0451 e. The average molecular weight is 262 g/mol. The molecule has 3 nitrogen and oxygen atoms in total. The van der Waals surface area contributed by atoms with E-state index in [1.807, 2.05) is 0 Å². The van der Waals surface area contributed by atoms with Gasteiger partial charge in [0.25, 0.3) is 0 Å². The number of anilines is 1. The third-order valence-corrected chi connectivity index (χ3v) is 4.09. The van der Waals surface area contributed by atoms with Crippen molar-refractivity contribution in [3.8, 4) is 0 Å². The summed E-state index contributed by atoms with van der Waals surface area (Å²) in [5, 5.41) is 12.8. The topological polar surface area (TPSA) is 35.5 Å². The highest BCUT2D eigenvalue weighted by Crippen LogP contribution is 2.28. The lowest BCUT2D eigenvalue weighted by molar-refractivity contribution is 0.271. The summed E-state index contributed by atoms with van der Waals surface area (Å²) in [5.74, 6) is 0. The molecule has 2 unspecified atom stereocenters. The van der Waals surface area contributed by atoms with Gasteiger partial charge in [-0.1, -0.05) is 12.1 Å². The summed E-state index contributed by atoms with van der Waals surface area (Å²) >= 11 is 0. The standard InChI is InChI=1S/C16H26N2O/c1-12-4-5-13(2)16(10-12)18-14(3)6-8-17-11-15(18)7-9-19/h4-5,10,14-15,17,19H,6-9,11H2,1-3H3.